The van der Waals surface area contributed by atoms with E-state index in [0.29, 0.717) is 5.57 Å². The van der Waals surface area contributed by atoms with Crippen molar-refractivity contribution in [3.8, 4) is 0 Å². The molecule has 0 amide bonds. The second-order valence-corrected chi connectivity index (χ2v) is 7.08. The van der Waals surface area contributed by atoms with Crippen LogP contribution in [0.15, 0.2) is 47.6 Å². The van der Waals surface area contributed by atoms with Crippen LogP contribution in [0.5, 0.6) is 0 Å². The van der Waals surface area contributed by atoms with Crippen LogP contribution in [-0.2, 0) is 4.79 Å². The molecular weight excluding hydrogens is 308 g/mol. The number of hydrogen-bond acceptors (Lipinski definition) is 1. The van der Waals surface area contributed by atoms with Crippen LogP contribution in [0.1, 0.15) is 90.4 Å². The molecule has 0 aromatic heterocycles. The Morgan fingerprint density at radius 2 is 1.64 bits per heavy atom. The lowest BCUT2D eigenvalue weighted by Crippen LogP contribution is -2.09. The number of carboxylic acids is 1. The Kier molecular flexibility index (Phi) is 11.8. The highest BCUT2D eigenvalue weighted by Crippen LogP contribution is 2.29. The summed E-state index contributed by atoms with van der Waals surface area (Å²) in [5.74, 6) is -0.750. The maximum absolute atomic E-state index is 11.4. The predicted octanol–water partition coefficient (Wildman–Crippen LogP) is 7.14. The Labute approximate surface area is 154 Å². The summed E-state index contributed by atoms with van der Waals surface area (Å²) in [5.41, 5.74) is 2.70. The third-order valence-electron chi connectivity index (χ3n) is 4.88. The van der Waals surface area contributed by atoms with Gasteiger partial charge in [0, 0.05) is 0 Å². The van der Waals surface area contributed by atoms with Gasteiger partial charge in [0.2, 0.25) is 0 Å². The standard InChI is InChI=1S/C23H36O2/c1-3-4-5-6-7-8-9-10-11-12-13-14-15-18-21-19-16-17-20(2)22(21)23(24)25/h3,8-9,19H,1,4-7,10-18H2,2H3,(H,24,25)/b9-8-. The van der Waals surface area contributed by atoms with Crippen LogP contribution in [0, 0.1) is 0 Å². The molecule has 2 nitrogen and oxygen atoms in total. The van der Waals surface area contributed by atoms with E-state index in [9.17, 15) is 9.90 Å². The first-order chi connectivity index (χ1) is 12.2. The highest BCUT2D eigenvalue weighted by Gasteiger charge is 2.18. The summed E-state index contributed by atoms with van der Waals surface area (Å²) in [6.45, 7) is 5.70. The quantitative estimate of drug-likeness (QED) is 0.268. The molecule has 0 spiro atoms. The van der Waals surface area contributed by atoms with E-state index in [0.717, 1.165) is 43.3 Å². The van der Waals surface area contributed by atoms with Crippen molar-refractivity contribution in [2.75, 3.05) is 0 Å². The maximum Gasteiger partial charge on any atom is 0.335 e. The molecule has 0 saturated carbocycles. The molecule has 0 aromatic rings. The molecule has 0 heterocycles. The molecule has 0 saturated heterocycles. The zero-order valence-corrected chi connectivity index (χ0v) is 16.1. The monoisotopic (exact) mass is 344 g/mol. The maximum atomic E-state index is 11.4. The second kappa shape index (κ2) is 13.7. The highest BCUT2D eigenvalue weighted by atomic mass is 16.4. The van der Waals surface area contributed by atoms with Crippen molar-refractivity contribution in [3.63, 3.8) is 0 Å². The minimum absolute atomic E-state index is 0.587. The lowest BCUT2D eigenvalue weighted by atomic mass is 9.88. The van der Waals surface area contributed by atoms with Crippen LogP contribution < -0.4 is 0 Å². The molecule has 25 heavy (non-hydrogen) atoms. The Hall–Kier alpha value is -1.57. The van der Waals surface area contributed by atoms with E-state index in [1.165, 1.54) is 51.4 Å². The highest BCUT2D eigenvalue weighted by molar-refractivity contribution is 5.93. The summed E-state index contributed by atoms with van der Waals surface area (Å²) in [6.07, 6.45) is 23.7. The normalized spacial score (nSPS) is 14.8. The Bertz CT molecular complexity index is 494. The van der Waals surface area contributed by atoms with Gasteiger partial charge in [-0.25, -0.2) is 4.79 Å². The average molecular weight is 345 g/mol. The molecule has 1 aliphatic rings. The fraction of sp³-hybridized carbons (Fsp3) is 0.609. The van der Waals surface area contributed by atoms with Crippen molar-refractivity contribution in [2.45, 2.75) is 90.4 Å². The minimum atomic E-state index is -0.750. The van der Waals surface area contributed by atoms with E-state index >= 15 is 0 Å². The zero-order chi connectivity index (χ0) is 18.3. The Morgan fingerprint density at radius 1 is 1.04 bits per heavy atom. The van der Waals surface area contributed by atoms with Crippen molar-refractivity contribution < 1.29 is 9.90 Å². The van der Waals surface area contributed by atoms with Gasteiger partial charge in [-0.15, -0.1) is 6.58 Å². The number of aliphatic carboxylic acids is 1. The van der Waals surface area contributed by atoms with Gasteiger partial charge >= 0.3 is 5.97 Å². The van der Waals surface area contributed by atoms with Crippen LogP contribution in [0.3, 0.4) is 0 Å². The topological polar surface area (TPSA) is 37.3 Å². The van der Waals surface area contributed by atoms with Crippen molar-refractivity contribution in [1.29, 1.82) is 0 Å². The first-order valence-electron chi connectivity index (χ1n) is 10.0. The fourth-order valence-electron chi connectivity index (χ4n) is 3.41. The molecule has 0 aromatic carbocycles. The summed E-state index contributed by atoms with van der Waals surface area (Å²) < 4.78 is 0. The summed E-state index contributed by atoms with van der Waals surface area (Å²) in [7, 11) is 0. The number of hydrogen-bond donors (Lipinski definition) is 1. The zero-order valence-electron chi connectivity index (χ0n) is 16.1. The smallest absolute Gasteiger partial charge is 0.335 e. The van der Waals surface area contributed by atoms with Gasteiger partial charge in [-0.3, -0.25) is 0 Å². The molecule has 0 fully saturated rings. The number of allylic oxidation sites excluding steroid dienone is 5. The van der Waals surface area contributed by atoms with Gasteiger partial charge in [-0.2, -0.15) is 0 Å². The van der Waals surface area contributed by atoms with Crippen LogP contribution >= 0.6 is 0 Å². The Balaban J connectivity index is 2.03. The molecule has 0 atom stereocenters. The molecule has 0 bridgehead atoms. The van der Waals surface area contributed by atoms with Crippen LogP contribution in [0.2, 0.25) is 0 Å². The molecule has 1 N–H and O–H groups in total. The summed E-state index contributed by atoms with van der Waals surface area (Å²) in [4.78, 5) is 11.4. The molecule has 0 radical (unpaired) electrons. The third-order valence-corrected chi connectivity index (χ3v) is 4.88. The Morgan fingerprint density at radius 3 is 2.32 bits per heavy atom. The molecule has 140 valence electrons. The van der Waals surface area contributed by atoms with E-state index < -0.39 is 5.97 Å². The predicted molar refractivity (Wildman–Crippen MR) is 108 cm³/mol. The molecule has 2 heteroatoms. The van der Waals surface area contributed by atoms with Gasteiger partial charge in [0.1, 0.15) is 0 Å². The summed E-state index contributed by atoms with van der Waals surface area (Å²) in [5, 5.41) is 9.37. The average Bonchev–Trinajstić information content (AvgIpc) is 2.58. The van der Waals surface area contributed by atoms with E-state index in [1.54, 1.807) is 0 Å². The van der Waals surface area contributed by atoms with Crippen LogP contribution in [0.4, 0.5) is 0 Å². The largest absolute Gasteiger partial charge is 0.478 e. The molecule has 1 rings (SSSR count). The lowest BCUT2D eigenvalue weighted by molar-refractivity contribution is -0.132. The van der Waals surface area contributed by atoms with Crippen molar-refractivity contribution in [2.24, 2.45) is 0 Å². The SMILES string of the molecule is C=CCCCC/C=C\CCCCCCCC1=CCCC(C)=C1C(=O)O. The van der Waals surface area contributed by atoms with E-state index in [1.807, 2.05) is 13.0 Å². The first-order valence-corrected chi connectivity index (χ1v) is 10.0. The third kappa shape index (κ3) is 9.48. The van der Waals surface area contributed by atoms with Gasteiger partial charge in [0.15, 0.2) is 0 Å². The molecule has 0 unspecified atom stereocenters. The van der Waals surface area contributed by atoms with Gasteiger partial charge < -0.3 is 5.11 Å². The number of rotatable bonds is 14. The van der Waals surface area contributed by atoms with Crippen LogP contribution in [0.25, 0.3) is 0 Å². The number of carboxylic acid groups (broad SMARTS) is 1. The van der Waals surface area contributed by atoms with E-state index in [4.69, 9.17) is 0 Å². The summed E-state index contributed by atoms with van der Waals surface area (Å²) in [6, 6.07) is 0. The van der Waals surface area contributed by atoms with Gasteiger partial charge in [-0.05, 0) is 76.7 Å². The van der Waals surface area contributed by atoms with Crippen molar-refractivity contribution >= 4 is 5.97 Å². The number of carbonyl (C=O) groups is 1. The van der Waals surface area contributed by atoms with Gasteiger partial charge in [0.05, 0.1) is 5.57 Å². The van der Waals surface area contributed by atoms with E-state index in [2.05, 4.69) is 24.8 Å². The summed E-state index contributed by atoms with van der Waals surface area (Å²) >= 11 is 0. The molecule has 0 aliphatic heterocycles. The van der Waals surface area contributed by atoms with Gasteiger partial charge in [-0.1, -0.05) is 49.1 Å². The first kappa shape index (κ1) is 21.5. The second-order valence-electron chi connectivity index (χ2n) is 7.08. The minimum Gasteiger partial charge on any atom is -0.478 e. The van der Waals surface area contributed by atoms with Crippen LogP contribution in [-0.4, -0.2) is 11.1 Å². The van der Waals surface area contributed by atoms with Crippen molar-refractivity contribution in [1.82, 2.24) is 0 Å². The lowest BCUT2D eigenvalue weighted by Gasteiger charge is -2.17. The molecular formula is C23H36O2. The molecule has 1 aliphatic carbocycles. The fourth-order valence-corrected chi connectivity index (χ4v) is 3.41. The number of unbranched alkanes of at least 4 members (excludes halogenated alkanes) is 8. The van der Waals surface area contributed by atoms with E-state index in [-0.39, 0.29) is 0 Å². The van der Waals surface area contributed by atoms with Crippen molar-refractivity contribution in [3.05, 3.63) is 47.6 Å². The van der Waals surface area contributed by atoms with Gasteiger partial charge in [0.25, 0.3) is 0 Å².